The SMILES string of the molecule is CC(=O)OCCO.CC(=O)OCCOC(=O)ON1C(=O)CCC1=O.CCN(C(=O)OCCOC(C)=O)[C@H]1C[C@H](C)S(=O)(=O)c2sc(S(N)(=O)=O)cc21.CCN[C@H]1C[C@H](C)S(=O)(=O)c2sc(S(=O)(=O)C[Si](c3ccccc3)(c3ccccc3)C(C)(C)C)cc21.O=C(ON1C(=O)CCC1=O)ON1C(=O)CCC1=O. The lowest BCUT2D eigenvalue weighted by Gasteiger charge is -2.43. The molecule has 5 aliphatic heterocycles. The Morgan fingerprint density at radius 2 is 0.953 bits per heavy atom. The fourth-order valence-corrected chi connectivity index (χ4v) is 29.9. The number of hydroxylamine groups is 6. The van der Waals surface area contributed by atoms with Crippen molar-refractivity contribution >= 4 is 152 Å². The van der Waals surface area contributed by atoms with Crippen molar-refractivity contribution < 1.29 is 135 Å². The summed E-state index contributed by atoms with van der Waals surface area (Å²) in [6.45, 7) is 17.3. The molecule has 2 aromatic carbocycles. The number of aliphatic hydroxyl groups is 1. The molecule has 0 radical (unpaired) electrons. The van der Waals surface area contributed by atoms with Crippen LogP contribution in [0.1, 0.15) is 144 Å². The van der Waals surface area contributed by atoms with Crippen molar-refractivity contribution in [3.05, 3.63) is 83.9 Å². The molecule has 3 saturated heterocycles. The second-order valence-corrected chi connectivity index (χ2v) is 41.2. The van der Waals surface area contributed by atoms with Crippen LogP contribution in [0.2, 0.25) is 5.04 Å². The van der Waals surface area contributed by atoms with E-state index >= 15 is 0 Å². The van der Waals surface area contributed by atoms with Crippen molar-refractivity contribution in [3.8, 4) is 0 Å². The molecule has 106 heavy (non-hydrogen) atoms. The van der Waals surface area contributed by atoms with Crippen LogP contribution in [0.4, 0.5) is 14.4 Å². The van der Waals surface area contributed by atoms with Gasteiger partial charge in [0.25, 0.3) is 35.4 Å². The lowest BCUT2D eigenvalue weighted by molar-refractivity contribution is -0.198. The molecule has 4 aromatic rings. The number of nitrogens with two attached hydrogens (primary N) is 1. The maximum absolute atomic E-state index is 14.2. The van der Waals surface area contributed by atoms with Crippen LogP contribution in [-0.4, -0.2) is 207 Å². The van der Waals surface area contributed by atoms with E-state index in [0.717, 1.165) is 21.7 Å². The van der Waals surface area contributed by atoms with Gasteiger partial charge in [0, 0.05) is 77.4 Å². The number of benzene rings is 2. The molecule has 3 fully saturated rings. The predicted molar refractivity (Wildman–Crippen MR) is 375 cm³/mol. The third-order valence-corrected chi connectivity index (χ3v) is 35.4. The normalized spacial score (nSPS) is 18.6. The predicted octanol–water partition coefficient (Wildman–Crippen LogP) is 3.94. The van der Waals surface area contributed by atoms with Gasteiger partial charge < -0.3 is 39.0 Å². The smallest absolute Gasteiger partial charge is 0.463 e. The topological polar surface area (TPSA) is 486 Å². The Kier molecular flexibility index (Phi) is 31.8. The van der Waals surface area contributed by atoms with Crippen LogP contribution >= 0.6 is 22.7 Å². The van der Waals surface area contributed by atoms with Crippen LogP contribution in [0, 0.1) is 0 Å². The Hall–Kier alpha value is -8.62. The second kappa shape index (κ2) is 38.3. The number of ether oxygens (including phenoxy) is 5. The number of hydrogen-bond acceptors (Lipinski definition) is 32. The average Bonchev–Trinajstić information content (AvgIpc) is 1.27. The van der Waals surface area contributed by atoms with Crippen molar-refractivity contribution in [2.45, 2.75) is 165 Å². The summed E-state index contributed by atoms with van der Waals surface area (Å²) in [5.41, 5.74) is 0.812. The monoisotopic (exact) mass is 1620 g/mol. The van der Waals surface area contributed by atoms with Crippen LogP contribution < -0.4 is 20.8 Å². The Balaban J connectivity index is 0.000000256. The summed E-state index contributed by atoms with van der Waals surface area (Å²) in [6, 6.07) is 21.9. The van der Waals surface area contributed by atoms with E-state index in [1.165, 1.54) is 38.7 Å². The number of esters is 3. The van der Waals surface area contributed by atoms with Gasteiger partial charge in [0.2, 0.25) is 10.0 Å². The number of sulfonamides is 1. The molecule has 0 saturated carbocycles. The van der Waals surface area contributed by atoms with Gasteiger partial charge in [-0.05, 0) is 62.9 Å². The summed E-state index contributed by atoms with van der Waals surface area (Å²) < 4.78 is 127. The third kappa shape index (κ3) is 23.0. The number of nitrogens with one attached hydrogen (secondary N) is 1. The molecule has 42 heteroatoms. The summed E-state index contributed by atoms with van der Waals surface area (Å²) in [7, 11) is -18.1. The number of carbonyl (C=O) groups excluding carboxylic acids is 12. The first-order chi connectivity index (χ1) is 49.5. The molecular formula is C64H84N6O29S6Si. The van der Waals surface area contributed by atoms with Gasteiger partial charge in [-0.2, -0.15) is 4.79 Å². The fraction of sp³-hybridized carbons (Fsp3) is 0.500. The first-order valence-electron chi connectivity index (χ1n) is 32.6. The highest BCUT2D eigenvalue weighted by Crippen LogP contribution is 2.47. The van der Waals surface area contributed by atoms with E-state index in [-0.39, 0.29) is 146 Å². The summed E-state index contributed by atoms with van der Waals surface area (Å²) in [5, 5.41) is 17.8. The Morgan fingerprint density at radius 3 is 1.34 bits per heavy atom. The summed E-state index contributed by atoms with van der Waals surface area (Å²) >= 11 is 1.51. The molecule has 5 aliphatic rings. The molecule has 4 atom stereocenters. The lowest BCUT2D eigenvalue weighted by Crippen LogP contribution is -2.68. The first kappa shape index (κ1) is 88.0. The van der Waals surface area contributed by atoms with Crippen LogP contribution in [-0.2, 0) is 121 Å². The van der Waals surface area contributed by atoms with Crippen LogP contribution in [0.15, 0.2) is 89.6 Å². The minimum absolute atomic E-state index is 0.0135. The van der Waals surface area contributed by atoms with Crippen LogP contribution in [0.3, 0.4) is 0 Å². The van der Waals surface area contributed by atoms with E-state index < -0.39 is 130 Å². The van der Waals surface area contributed by atoms with Gasteiger partial charge in [-0.15, -0.1) is 22.7 Å². The van der Waals surface area contributed by atoms with Gasteiger partial charge in [-0.3, -0.25) is 57.7 Å². The van der Waals surface area contributed by atoms with Gasteiger partial charge >= 0.3 is 36.3 Å². The molecular weight excluding hydrogens is 1540 g/mol. The van der Waals surface area contributed by atoms with Crippen LogP contribution in [0.5, 0.6) is 0 Å². The minimum atomic E-state index is -4.10. The Bertz CT molecular complexity index is 4250. The van der Waals surface area contributed by atoms with E-state index in [1.54, 1.807) is 19.9 Å². The number of carbonyl (C=O) groups is 12. The summed E-state index contributed by atoms with van der Waals surface area (Å²) in [4.78, 5) is 147. The molecule has 0 unspecified atom stereocenters. The van der Waals surface area contributed by atoms with Gasteiger partial charge in [0.05, 0.1) is 28.5 Å². The van der Waals surface area contributed by atoms with Crippen LogP contribution in [0.25, 0.3) is 0 Å². The quantitative estimate of drug-likeness (QED) is 0.0349. The Labute approximate surface area is 620 Å². The number of hydrogen-bond donors (Lipinski definition) is 3. The molecule has 0 bridgehead atoms. The highest BCUT2D eigenvalue weighted by molar-refractivity contribution is 7.97. The number of sulfone groups is 3. The van der Waals surface area contributed by atoms with Crippen molar-refractivity contribution in [3.63, 3.8) is 0 Å². The molecule has 4 N–H and O–H groups in total. The van der Waals surface area contributed by atoms with E-state index in [9.17, 15) is 91.2 Å². The molecule has 584 valence electrons. The second-order valence-electron chi connectivity index (χ2n) is 24.6. The molecule has 0 spiro atoms. The van der Waals surface area contributed by atoms with E-state index in [1.807, 2.05) is 67.6 Å². The number of amides is 7. The Morgan fingerprint density at radius 1 is 0.575 bits per heavy atom. The minimum Gasteiger partial charge on any atom is -0.463 e. The zero-order valence-electron chi connectivity index (χ0n) is 59.5. The molecule has 7 heterocycles. The maximum atomic E-state index is 14.2. The number of nitrogens with zero attached hydrogens (tertiary/aromatic N) is 4. The van der Waals surface area contributed by atoms with Crippen molar-refractivity contribution in [1.82, 2.24) is 25.4 Å². The standard InChI is InChI=1S/C27H35NO4S3Si.C15H22N2O8S3.C9H8N2O7.C9H11NO7.C4H8O3/c1-6-28-24-17-20(2)35(31,32)26-23(24)18-25(33-26)34(29,30)19-36(27(3,4)5,21-13-9-7-10-14-21)22-15-11-8-12-16-22;1-4-17(15(19)25-6-5-24-10(3)18)12-7-9(2)27(20,21)14-11(12)8-13(26-14)28(16,22)23;12-5-1-2-6(13)10(5)17-9(16)18-11-7(14)3-4-8(11)15;1-6(11)15-4-5-16-9(14)17-10-7(12)2-3-8(10)13;1-4(6)7-3-2-5/h7-16,18,20,24,28H,6,17,19H2,1-5H3;8-9,12H,4-7H2,1-3H3,(H2,16,22,23);1-4H2;2-5H2,1H3;5H,2-3H2,1H3/t20-,24-;9-,12-;;;/m00.../s1. The van der Waals surface area contributed by atoms with Gasteiger partial charge in [-0.25, -0.2) is 48.4 Å². The first-order valence-corrected chi connectivity index (χ1v) is 42.7. The number of thiophene rings is 2. The van der Waals surface area contributed by atoms with Gasteiger partial charge in [-0.1, -0.05) is 114 Å². The number of fused-ring (bicyclic) bond motifs is 2. The number of primary sulfonamides is 1. The highest BCUT2D eigenvalue weighted by Gasteiger charge is 2.52. The molecule has 35 nitrogen and oxygen atoms in total. The number of aliphatic hydroxyl groups excluding tert-OH is 1. The number of imide groups is 3. The van der Waals surface area contributed by atoms with E-state index in [4.69, 9.17) is 19.7 Å². The fourth-order valence-electron chi connectivity index (χ4n) is 11.0. The summed E-state index contributed by atoms with van der Waals surface area (Å²) in [5.74, 6) is -5.29. The maximum Gasteiger partial charge on any atom is 0.560 e. The van der Waals surface area contributed by atoms with Crippen molar-refractivity contribution in [2.75, 3.05) is 58.1 Å². The van der Waals surface area contributed by atoms with Gasteiger partial charge in [0.1, 0.15) is 57.9 Å². The van der Waals surface area contributed by atoms with Gasteiger partial charge in [0.15, 0.2) is 29.5 Å². The molecule has 7 amide bonds. The molecule has 0 aliphatic carbocycles. The van der Waals surface area contributed by atoms with E-state index in [2.05, 4.69) is 54.8 Å². The third-order valence-electron chi connectivity index (χ3n) is 16.2. The lowest BCUT2D eigenvalue weighted by atomic mass is 10.0. The summed E-state index contributed by atoms with van der Waals surface area (Å²) in [6.07, 6.45) is -3.10. The van der Waals surface area contributed by atoms with E-state index in [0.29, 0.717) is 34.9 Å². The number of rotatable bonds is 21. The molecule has 9 rings (SSSR count). The van der Waals surface area contributed by atoms with Crippen molar-refractivity contribution in [1.29, 1.82) is 0 Å². The van der Waals surface area contributed by atoms with Crippen molar-refractivity contribution in [2.24, 2.45) is 5.14 Å². The average molecular weight is 1620 g/mol. The largest absolute Gasteiger partial charge is 0.560 e. The highest BCUT2D eigenvalue weighted by atomic mass is 32.3. The molecule has 2 aromatic heterocycles. The zero-order valence-corrected chi connectivity index (χ0v) is 65.4. The zero-order chi connectivity index (χ0) is 79.5.